The van der Waals surface area contributed by atoms with E-state index in [0.717, 1.165) is 19.4 Å². The second kappa shape index (κ2) is 24.2. The Hall–Kier alpha value is -7.50. The van der Waals surface area contributed by atoms with Gasteiger partial charge in [-0.25, -0.2) is 9.13 Å². The van der Waals surface area contributed by atoms with Gasteiger partial charge in [0.05, 0.1) is 18.2 Å². The van der Waals surface area contributed by atoms with Gasteiger partial charge in [0.2, 0.25) is 0 Å². The van der Waals surface area contributed by atoms with Gasteiger partial charge >= 0.3 is 0 Å². The van der Waals surface area contributed by atoms with E-state index in [1.807, 2.05) is 0 Å². The predicted octanol–water partition coefficient (Wildman–Crippen LogP) is 18.2. The van der Waals surface area contributed by atoms with Crippen LogP contribution in [-0.4, -0.2) is 9.13 Å². The minimum Gasteiger partial charge on any atom is -0.311 e. The SMILES string of the molecule is C=C(/C(=C(\C)C(C)C)n1cc[n+](C)c1-c1cccc(-c2ccccc2)c1)C(C)C.CC(C)c1cc(-c2cccc(N(C3=CCCC=C3)c3ccccc3)c2)cc(C(C)C)c1-n1cc[n+]2c1-c1ccccc1C2.CCC. The Labute approximate surface area is 450 Å². The van der Waals surface area contributed by atoms with Crippen molar-refractivity contribution in [2.24, 2.45) is 18.9 Å². The van der Waals surface area contributed by atoms with Crippen LogP contribution in [0.15, 0.2) is 212 Å². The summed E-state index contributed by atoms with van der Waals surface area (Å²) in [6.45, 7) is 30.1. The van der Waals surface area contributed by atoms with E-state index in [1.54, 1.807) is 0 Å². The number of anilines is 2. The van der Waals surface area contributed by atoms with Crippen LogP contribution < -0.4 is 14.0 Å². The Kier molecular flexibility index (Phi) is 17.4. The average Bonchev–Trinajstić information content (AvgIpc) is 4.13. The summed E-state index contributed by atoms with van der Waals surface area (Å²) >= 11 is 0. The zero-order chi connectivity index (χ0) is 53.3. The molecule has 2 aromatic heterocycles. The van der Waals surface area contributed by atoms with Gasteiger partial charge in [0.25, 0.3) is 11.6 Å². The molecule has 0 saturated carbocycles. The zero-order valence-corrected chi connectivity index (χ0v) is 47.0. The molecule has 0 unspecified atom stereocenters. The number of nitrogens with zero attached hydrogens (tertiary/aromatic N) is 5. The van der Waals surface area contributed by atoms with Gasteiger partial charge in [0.1, 0.15) is 42.7 Å². The van der Waals surface area contributed by atoms with Crippen LogP contribution >= 0.6 is 0 Å². The first-order chi connectivity index (χ1) is 36.2. The topological polar surface area (TPSA) is 20.9 Å². The van der Waals surface area contributed by atoms with Crippen LogP contribution in [0.5, 0.6) is 0 Å². The number of aryl methyl sites for hydroxylation is 1. The molecule has 0 atom stereocenters. The lowest BCUT2D eigenvalue weighted by Gasteiger charge is -2.28. The van der Waals surface area contributed by atoms with Gasteiger partial charge in [-0.2, -0.15) is 9.13 Å². The molecule has 1 aliphatic carbocycles. The number of benzene rings is 6. The van der Waals surface area contributed by atoms with Gasteiger partial charge in [0.15, 0.2) is 0 Å². The van der Waals surface area contributed by atoms with E-state index in [4.69, 9.17) is 0 Å². The molecule has 384 valence electrons. The summed E-state index contributed by atoms with van der Waals surface area (Å²) < 4.78 is 9.37. The van der Waals surface area contributed by atoms with Crippen LogP contribution in [-0.2, 0) is 13.6 Å². The van der Waals surface area contributed by atoms with Crippen LogP contribution in [0.4, 0.5) is 11.4 Å². The molecule has 0 fully saturated rings. The highest BCUT2D eigenvalue weighted by Gasteiger charge is 2.33. The van der Waals surface area contributed by atoms with Crippen LogP contribution in [0, 0.1) is 11.8 Å². The highest BCUT2D eigenvalue weighted by molar-refractivity contribution is 5.79. The van der Waals surface area contributed by atoms with Crippen molar-refractivity contribution in [1.29, 1.82) is 0 Å². The molecule has 1 aliphatic heterocycles. The Morgan fingerprint density at radius 3 is 1.81 bits per heavy atom. The quantitative estimate of drug-likeness (QED) is 0.0833. The summed E-state index contributed by atoms with van der Waals surface area (Å²) in [5.41, 5.74) is 20.4. The molecule has 0 spiro atoms. The van der Waals surface area contributed by atoms with E-state index in [0.29, 0.717) is 23.7 Å². The minimum absolute atomic E-state index is 0.369. The molecule has 5 nitrogen and oxygen atoms in total. The molecule has 3 heterocycles. The van der Waals surface area contributed by atoms with Gasteiger partial charge in [-0.15, -0.1) is 0 Å². The fourth-order valence-electron chi connectivity index (χ4n) is 10.3. The smallest absolute Gasteiger partial charge is 0.294 e. The summed E-state index contributed by atoms with van der Waals surface area (Å²) in [7, 11) is 2.11. The number of rotatable bonds is 13. The number of fused-ring (bicyclic) bond motifs is 3. The molecule has 0 saturated heterocycles. The maximum atomic E-state index is 4.46. The Morgan fingerprint density at radius 1 is 0.600 bits per heavy atom. The summed E-state index contributed by atoms with van der Waals surface area (Å²) in [6, 6.07) is 52.9. The Balaban J connectivity index is 0.000000203. The third-order valence-electron chi connectivity index (χ3n) is 14.5. The maximum absolute atomic E-state index is 4.46. The highest BCUT2D eigenvalue weighted by atomic mass is 15.2. The summed E-state index contributed by atoms with van der Waals surface area (Å²) in [5, 5.41) is 0. The van der Waals surface area contributed by atoms with Gasteiger partial charge in [0, 0.05) is 33.8 Å². The van der Waals surface area contributed by atoms with Crippen molar-refractivity contribution in [3.63, 3.8) is 0 Å². The number of para-hydroxylation sites is 1. The molecule has 5 heteroatoms. The van der Waals surface area contributed by atoms with E-state index >= 15 is 0 Å². The second-order valence-corrected chi connectivity index (χ2v) is 21.5. The molecule has 0 N–H and O–H groups in total. The number of hydrogen-bond acceptors (Lipinski definition) is 1. The van der Waals surface area contributed by atoms with Crippen molar-refractivity contribution in [2.75, 3.05) is 4.90 Å². The van der Waals surface area contributed by atoms with E-state index in [9.17, 15) is 0 Å². The minimum atomic E-state index is 0.369. The van der Waals surface area contributed by atoms with Gasteiger partial charge in [-0.05, 0) is 138 Å². The molecule has 8 aromatic rings. The normalized spacial score (nSPS) is 12.9. The van der Waals surface area contributed by atoms with Crippen molar-refractivity contribution in [3.05, 3.63) is 229 Å². The zero-order valence-electron chi connectivity index (χ0n) is 47.0. The lowest BCUT2D eigenvalue weighted by Crippen LogP contribution is -2.30. The van der Waals surface area contributed by atoms with Crippen molar-refractivity contribution in [3.8, 4) is 50.7 Å². The van der Waals surface area contributed by atoms with Crippen LogP contribution in [0.2, 0.25) is 0 Å². The lowest BCUT2D eigenvalue weighted by atomic mass is 9.88. The van der Waals surface area contributed by atoms with Crippen molar-refractivity contribution in [1.82, 2.24) is 9.13 Å². The third-order valence-corrected chi connectivity index (χ3v) is 14.5. The first-order valence-corrected chi connectivity index (χ1v) is 27.5. The fourth-order valence-corrected chi connectivity index (χ4v) is 10.3. The van der Waals surface area contributed by atoms with E-state index in [-0.39, 0.29) is 0 Å². The largest absolute Gasteiger partial charge is 0.311 e. The average molecular weight is 992 g/mol. The molecule has 10 rings (SSSR count). The van der Waals surface area contributed by atoms with Crippen LogP contribution in [0.3, 0.4) is 0 Å². The first kappa shape index (κ1) is 53.8. The number of hydrogen-bond donors (Lipinski definition) is 0. The number of aromatic nitrogens is 4. The monoisotopic (exact) mass is 992 g/mol. The van der Waals surface area contributed by atoms with Crippen molar-refractivity contribution >= 4 is 17.1 Å². The number of imidazole rings is 2. The second-order valence-electron chi connectivity index (χ2n) is 21.5. The fraction of sp³-hybridized carbons (Fsp3) is 0.286. The maximum Gasteiger partial charge on any atom is 0.294 e. The number of allylic oxidation sites excluding steroid dienone is 6. The van der Waals surface area contributed by atoms with E-state index in [2.05, 4.69) is 302 Å². The van der Waals surface area contributed by atoms with Crippen molar-refractivity contribution < 1.29 is 9.13 Å². The molecule has 0 bridgehead atoms. The Morgan fingerprint density at radius 2 is 1.19 bits per heavy atom. The molecule has 0 radical (unpaired) electrons. The molecular formula is C70H81N5+2. The van der Waals surface area contributed by atoms with Gasteiger partial charge in [-0.3, -0.25) is 0 Å². The Bertz CT molecular complexity index is 3300. The standard InChI is InChI=1S/C40H40N3.C27H33N2.C3H8/c1-28(2)37-25-32(26-38(29(3)4)39(37)42-23-22-41-27-31-14-11-12-21-36(31)40(41)42)30-15-13-20-35(24-30)43(33-16-7-5-8-17-33)34-18-9-6-10-19-34;1-19(2)21(5)26(22(6)20(3)4)29-17-16-28(7)27(29)25-15-11-14-24(18-25)23-12-9-8-10-13-23;1-3-2/h5,7-9,11-26,28-29H,6,10,27H2,1-4H3;8-20H,5H2,1-4,6-7H3;3H2,1-2H3/q2*+1;/b;26-22-;. The van der Waals surface area contributed by atoms with Crippen molar-refractivity contribution in [2.45, 2.75) is 114 Å². The van der Waals surface area contributed by atoms with E-state index in [1.165, 1.54) is 108 Å². The lowest BCUT2D eigenvalue weighted by molar-refractivity contribution is -0.671. The summed E-state index contributed by atoms with van der Waals surface area (Å²) in [5.74, 6) is 4.02. The molecule has 0 amide bonds. The van der Waals surface area contributed by atoms with E-state index < -0.39 is 0 Å². The molecule has 6 aromatic carbocycles. The van der Waals surface area contributed by atoms with Gasteiger partial charge in [-0.1, -0.05) is 185 Å². The molecule has 75 heavy (non-hydrogen) atoms. The first-order valence-electron chi connectivity index (χ1n) is 27.5. The molecular weight excluding hydrogens is 911 g/mol. The predicted molar refractivity (Wildman–Crippen MR) is 319 cm³/mol. The molecule has 2 aliphatic rings. The van der Waals surface area contributed by atoms with Crippen LogP contribution in [0.25, 0.3) is 56.4 Å². The summed E-state index contributed by atoms with van der Waals surface area (Å²) in [6.07, 6.45) is 19.1. The van der Waals surface area contributed by atoms with Gasteiger partial charge < -0.3 is 4.90 Å². The highest BCUT2D eigenvalue weighted by Crippen LogP contribution is 2.41. The summed E-state index contributed by atoms with van der Waals surface area (Å²) in [4.78, 5) is 2.39. The van der Waals surface area contributed by atoms with Crippen LogP contribution in [0.1, 0.15) is 124 Å². The third kappa shape index (κ3) is 11.7.